The van der Waals surface area contributed by atoms with Crippen LogP contribution in [0.3, 0.4) is 0 Å². The van der Waals surface area contributed by atoms with E-state index in [1.54, 1.807) is 7.11 Å². The van der Waals surface area contributed by atoms with E-state index in [-0.39, 0.29) is 12.4 Å². The van der Waals surface area contributed by atoms with Crippen molar-refractivity contribution in [3.05, 3.63) is 18.2 Å². The molecule has 0 bridgehead atoms. The first-order valence-corrected chi connectivity index (χ1v) is 3.95. The van der Waals surface area contributed by atoms with Crippen LogP contribution in [-0.2, 0) is 0 Å². The summed E-state index contributed by atoms with van der Waals surface area (Å²) in [5, 5.41) is 3.23. The van der Waals surface area contributed by atoms with E-state index in [1.807, 2.05) is 18.2 Å². The zero-order valence-corrected chi connectivity index (χ0v) is 8.19. The highest BCUT2D eigenvalue weighted by Gasteiger charge is 2.12. The first kappa shape index (κ1) is 9.99. The van der Waals surface area contributed by atoms with Gasteiger partial charge in [0, 0.05) is 6.54 Å². The molecule has 3 nitrogen and oxygen atoms in total. The van der Waals surface area contributed by atoms with Crippen LogP contribution in [0.5, 0.6) is 11.5 Å². The predicted octanol–water partition coefficient (Wildman–Crippen LogP) is 1.92. The Morgan fingerprint density at radius 2 is 2.31 bits per heavy atom. The SMILES string of the molecule is COc1cccc2c1NCCO2.Cl. The van der Waals surface area contributed by atoms with Crippen molar-refractivity contribution < 1.29 is 9.47 Å². The molecule has 4 heteroatoms. The van der Waals surface area contributed by atoms with Crippen molar-refractivity contribution >= 4 is 18.1 Å². The monoisotopic (exact) mass is 201 g/mol. The lowest BCUT2D eigenvalue weighted by molar-refractivity contribution is 0.319. The molecule has 2 rings (SSSR count). The molecule has 0 fully saturated rings. The van der Waals surface area contributed by atoms with Gasteiger partial charge in [0.25, 0.3) is 0 Å². The summed E-state index contributed by atoms with van der Waals surface area (Å²) in [7, 11) is 1.66. The Morgan fingerprint density at radius 1 is 1.46 bits per heavy atom. The lowest BCUT2D eigenvalue weighted by Crippen LogP contribution is -2.18. The predicted molar refractivity (Wildman–Crippen MR) is 54.2 cm³/mol. The van der Waals surface area contributed by atoms with Gasteiger partial charge < -0.3 is 14.8 Å². The van der Waals surface area contributed by atoms with Crippen LogP contribution in [0.15, 0.2) is 18.2 Å². The van der Waals surface area contributed by atoms with Crippen LogP contribution in [0, 0.1) is 0 Å². The van der Waals surface area contributed by atoms with Crippen LogP contribution < -0.4 is 14.8 Å². The highest BCUT2D eigenvalue weighted by atomic mass is 35.5. The lowest BCUT2D eigenvalue weighted by atomic mass is 10.2. The Hall–Kier alpha value is -1.09. The van der Waals surface area contributed by atoms with Crippen LogP contribution in [0.2, 0.25) is 0 Å². The Bertz CT molecular complexity index is 277. The molecule has 1 heterocycles. The third-order valence-corrected chi connectivity index (χ3v) is 1.87. The van der Waals surface area contributed by atoms with Crippen molar-refractivity contribution in [1.29, 1.82) is 0 Å². The third kappa shape index (κ3) is 1.80. The van der Waals surface area contributed by atoms with Gasteiger partial charge in [0.2, 0.25) is 0 Å². The van der Waals surface area contributed by atoms with Crippen molar-refractivity contribution in [2.24, 2.45) is 0 Å². The number of nitrogens with one attached hydrogen (secondary N) is 1. The summed E-state index contributed by atoms with van der Waals surface area (Å²) in [4.78, 5) is 0. The Kier molecular flexibility index (Phi) is 3.25. The van der Waals surface area contributed by atoms with Gasteiger partial charge in [0.05, 0.1) is 7.11 Å². The van der Waals surface area contributed by atoms with E-state index in [0.29, 0.717) is 0 Å². The topological polar surface area (TPSA) is 30.5 Å². The molecule has 13 heavy (non-hydrogen) atoms. The molecule has 0 aliphatic carbocycles. The number of fused-ring (bicyclic) bond motifs is 1. The minimum absolute atomic E-state index is 0. The number of halogens is 1. The van der Waals surface area contributed by atoms with E-state index < -0.39 is 0 Å². The minimum Gasteiger partial charge on any atom is -0.494 e. The Morgan fingerprint density at radius 3 is 3.08 bits per heavy atom. The van der Waals surface area contributed by atoms with E-state index in [9.17, 15) is 0 Å². The quantitative estimate of drug-likeness (QED) is 0.753. The minimum atomic E-state index is 0. The fraction of sp³-hybridized carbons (Fsp3) is 0.333. The van der Waals surface area contributed by atoms with E-state index >= 15 is 0 Å². The van der Waals surface area contributed by atoms with Gasteiger partial charge >= 0.3 is 0 Å². The van der Waals surface area contributed by atoms with E-state index in [2.05, 4.69) is 5.32 Å². The van der Waals surface area contributed by atoms with Crippen LogP contribution >= 0.6 is 12.4 Å². The molecule has 0 saturated heterocycles. The first-order chi connectivity index (χ1) is 5.92. The van der Waals surface area contributed by atoms with Crippen LogP contribution in [0.4, 0.5) is 5.69 Å². The normalized spacial score (nSPS) is 13.0. The van der Waals surface area contributed by atoms with Crippen LogP contribution in [-0.4, -0.2) is 20.3 Å². The third-order valence-electron chi connectivity index (χ3n) is 1.87. The number of hydrogen-bond donors (Lipinski definition) is 1. The van der Waals surface area contributed by atoms with Crippen molar-refractivity contribution in [3.8, 4) is 11.5 Å². The number of methoxy groups -OCH3 is 1. The smallest absolute Gasteiger partial charge is 0.146 e. The number of hydrogen-bond acceptors (Lipinski definition) is 3. The molecule has 0 spiro atoms. The molecule has 1 N–H and O–H groups in total. The molecule has 0 unspecified atom stereocenters. The molecule has 72 valence electrons. The van der Waals surface area contributed by atoms with Gasteiger partial charge in [-0.15, -0.1) is 12.4 Å². The molecule has 0 radical (unpaired) electrons. The maximum Gasteiger partial charge on any atom is 0.146 e. The maximum absolute atomic E-state index is 5.42. The number of rotatable bonds is 1. The number of para-hydroxylation sites is 1. The molecule has 1 aromatic rings. The van der Waals surface area contributed by atoms with Crippen molar-refractivity contribution in [2.75, 3.05) is 25.6 Å². The van der Waals surface area contributed by atoms with E-state index in [1.165, 1.54) is 0 Å². The van der Waals surface area contributed by atoms with Gasteiger partial charge in [-0.1, -0.05) is 6.07 Å². The van der Waals surface area contributed by atoms with Crippen molar-refractivity contribution in [2.45, 2.75) is 0 Å². The molecule has 1 aliphatic rings. The zero-order chi connectivity index (χ0) is 8.39. The second kappa shape index (κ2) is 4.23. The van der Waals surface area contributed by atoms with Gasteiger partial charge in [-0.3, -0.25) is 0 Å². The molecule has 1 aliphatic heterocycles. The van der Waals surface area contributed by atoms with Crippen molar-refractivity contribution in [3.63, 3.8) is 0 Å². The fourth-order valence-corrected chi connectivity index (χ4v) is 1.31. The number of benzene rings is 1. The van der Waals surface area contributed by atoms with Gasteiger partial charge in [-0.05, 0) is 12.1 Å². The summed E-state index contributed by atoms with van der Waals surface area (Å²) in [5.74, 6) is 1.72. The molecule has 0 amide bonds. The summed E-state index contributed by atoms with van der Waals surface area (Å²) < 4.78 is 10.6. The number of ether oxygens (including phenoxy) is 2. The molecule has 0 atom stereocenters. The summed E-state index contributed by atoms with van der Waals surface area (Å²) >= 11 is 0. The molecule has 0 saturated carbocycles. The number of anilines is 1. The zero-order valence-electron chi connectivity index (χ0n) is 7.37. The van der Waals surface area contributed by atoms with E-state index in [4.69, 9.17) is 9.47 Å². The standard InChI is InChI=1S/C9H11NO2.ClH/c1-11-7-3-2-4-8-9(7)10-5-6-12-8;/h2-4,10H,5-6H2,1H3;1H. The average Bonchev–Trinajstić information content (AvgIpc) is 2.17. The van der Waals surface area contributed by atoms with Gasteiger partial charge in [0.1, 0.15) is 23.8 Å². The fourth-order valence-electron chi connectivity index (χ4n) is 1.31. The molecule has 0 aromatic heterocycles. The van der Waals surface area contributed by atoms with Gasteiger partial charge in [-0.25, -0.2) is 0 Å². The second-order valence-electron chi connectivity index (χ2n) is 2.61. The summed E-state index contributed by atoms with van der Waals surface area (Å²) in [5.41, 5.74) is 0.964. The van der Waals surface area contributed by atoms with E-state index in [0.717, 1.165) is 30.3 Å². The Labute approximate surface area is 83.5 Å². The molecular weight excluding hydrogens is 190 g/mol. The van der Waals surface area contributed by atoms with Crippen LogP contribution in [0.1, 0.15) is 0 Å². The average molecular weight is 202 g/mol. The first-order valence-electron chi connectivity index (χ1n) is 3.95. The highest BCUT2D eigenvalue weighted by Crippen LogP contribution is 2.35. The summed E-state index contributed by atoms with van der Waals surface area (Å²) in [6, 6.07) is 5.77. The Balaban J connectivity index is 0.000000845. The maximum atomic E-state index is 5.42. The molecule has 1 aromatic carbocycles. The second-order valence-corrected chi connectivity index (χ2v) is 2.61. The summed E-state index contributed by atoms with van der Waals surface area (Å²) in [6.07, 6.45) is 0. The van der Waals surface area contributed by atoms with Crippen LogP contribution in [0.25, 0.3) is 0 Å². The van der Waals surface area contributed by atoms with Crippen molar-refractivity contribution in [1.82, 2.24) is 0 Å². The highest BCUT2D eigenvalue weighted by molar-refractivity contribution is 5.85. The van der Waals surface area contributed by atoms with Gasteiger partial charge in [-0.2, -0.15) is 0 Å². The summed E-state index contributed by atoms with van der Waals surface area (Å²) in [6.45, 7) is 1.56. The van der Waals surface area contributed by atoms with Gasteiger partial charge in [0.15, 0.2) is 0 Å². The molecular formula is C9H12ClNO2. The lowest BCUT2D eigenvalue weighted by Gasteiger charge is -2.20. The largest absolute Gasteiger partial charge is 0.494 e.